The molecule has 0 radical (unpaired) electrons. The summed E-state index contributed by atoms with van der Waals surface area (Å²) in [7, 11) is 0. The number of aromatic nitrogens is 5. The average molecular weight is 365 g/mol. The number of halogens is 3. The van der Waals surface area contributed by atoms with Crippen LogP contribution in [0.1, 0.15) is 11.4 Å². The normalized spacial score (nSPS) is 14.5. The summed E-state index contributed by atoms with van der Waals surface area (Å²) in [5, 5.41) is 7.80. The van der Waals surface area contributed by atoms with Crippen molar-refractivity contribution < 1.29 is 27.4 Å². The lowest BCUT2D eigenvalue weighted by Crippen LogP contribution is -2.25. The molecular weight excluding hydrogens is 355 g/mol. The summed E-state index contributed by atoms with van der Waals surface area (Å²) in [6.07, 6.45) is -1.14. The second-order valence-corrected chi connectivity index (χ2v) is 5.33. The van der Waals surface area contributed by atoms with Crippen molar-refractivity contribution in [1.29, 1.82) is 0 Å². The standard InChI is InChI=1S/C15H10F3N5O3/c1-8-11(16)5-19-14(20-8)24-7-9-6-23(22-21-9)10-2-3-12-13(4-10)26-15(17,18)25-12/h2-6H,7H2,1H3. The van der Waals surface area contributed by atoms with Crippen LogP contribution in [0.4, 0.5) is 13.2 Å². The Kier molecular flexibility index (Phi) is 3.63. The number of alkyl halides is 2. The number of nitrogens with zero attached hydrogens (tertiary/aromatic N) is 5. The maximum atomic E-state index is 13.1. The second-order valence-electron chi connectivity index (χ2n) is 5.33. The van der Waals surface area contributed by atoms with Crippen molar-refractivity contribution in [2.24, 2.45) is 0 Å². The zero-order valence-electron chi connectivity index (χ0n) is 13.2. The molecule has 0 aliphatic carbocycles. The molecule has 0 bridgehead atoms. The van der Waals surface area contributed by atoms with Gasteiger partial charge in [-0.25, -0.2) is 14.1 Å². The van der Waals surface area contributed by atoms with E-state index in [1.54, 1.807) is 0 Å². The molecule has 2 aromatic heterocycles. The number of ether oxygens (including phenoxy) is 3. The monoisotopic (exact) mass is 365 g/mol. The Morgan fingerprint density at radius 1 is 1.23 bits per heavy atom. The second kappa shape index (κ2) is 5.86. The van der Waals surface area contributed by atoms with Crippen molar-refractivity contribution >= 4 is 0 Å². The summed E-state index contributed by atoms with van der Waals surface area (Å²) in [5.41, 5.74) is 1.03. The van der Waals surface area contributed by atoms with Crippen LogP contribution in [0.25, 0.3) is 5.69 Å². The Labute approximate surface area is 144 Å². The lowest BCUT2D eigenvalue weighted by atomic mass is 10.3. The summed E-state index contributed by atoms with van der Waals surface area (Å²) in [6.45, 7) is 1.48. The van der Waals surface area contributed by atoms with Crippen LogP contribution < -0.4 is 14.2 Å². The number of rotatable bonds is 4. The zero-order valence-corrected chi connectivity index (χ0v) is 13.2. The highest BCUT2D eigenvalue weighted by Crippen LogP contribution is 2.41. The van der Waals surface area contributed by atoms with Crippen molar-refractivity contribution in [2.45, 2.75) is 19.8 Å². The average Bonchev–Trinajstić information content (AvgIpc) is 3.17. The minimum atomic E-state index is -3.68. The smallest absolute Gasteiger partial charge is 0.457 e. The first kappa shape index (κ1) is 16.1. The molecule has 11 heteroatoms. The van der Waals surface area contributed by atoms with Gasteiger partial charge in [0, 0.05) is 6.07 Å². The predicted octanol–water partition coefficient (Wildman–Crippen LogP) is 2.41. The van der Waals surface area contributed by atoms with Crippen LogP contribution in [0.2, 0.25) is 0 Å². The van der Waals surface area contributed by atoms with Crippen molar-refractivity contribution in [3.8, 4) is 23.2 Å². The lowest BCUT2D eigenvalue weighted by Gasteiger charge is -2.04. The molecule has 26 heavy (non-hydrogen) atoms. The third-order valence-electron chi connectivity index (χ3n) is 3.44. The van der Waals surface area contributed by atoms with Gasteiger partial charge < -0.3 is 14.2 Å². The highest BCUT2D eigenvalue weighted by Gasteiger charge is 2.43. The van der Waals surface area contributed by atoms with Gasteiger partial charge in [-0.05, 0) is 19.1 Å². The quantitative estimate of drug-likeness (QED) is 0.702. The van der Waals surface area contributed by atoms with E-state index in [0.29, 0.717) is 11.4 Å². The Bertz CT molecular complexity index is 979. The van der Waals surface area contributed by atoms with Gasteiger partial charge in [0.1, 0.15) is 12.3 Å². The molecule has 0 N–H and O–H groups in total. The summed E-state index contributed by atoms with van der Waals surface area (Å²) >= 11 is 0. The van der Waals surface area contributed by atoms with E-state index in [1.807, 2.05) is 0 Å². The number of fused-ring (bicyclic) bond motifs is 1. The maximum absolute atomic E-state index is 13.1. The minimum absolute atomic E-state index is 0.00348. The van der Waals surface area contributed by atoms with Gasteiger partial charge >= 0.3 is 12.3 Å². The molecule has 3 aromatic rings. The van der Waals surface area contributed by atoms with E-state index in [1.165, 1.54) is 36.0 Å². The third kappa shape index (κ3) is 3.10. The molecule has 0 saturated carbocycles. The van der Waals surface area contributed by atoms with Crippen LogP contribution in [-0.4, -0.2) is 31.3 Å². The first-order valence-electron chi connectivity index (χ1n) is 7.33. The number of aryl methyl sites for hydroxylation is 1. The van der Waals surface area contributed by atoms with Crippen LogP contribution >= 0.6 is 0 Å². The fraction of sp³-hybridized carbons (Fsp3) is 0.200. The Morgan fingerprint density at radius 2 is 2.04 bits per heavy atom. The van der Waals surface area contributed by atoms with Crippen LogP contribution in [0, 0.1) is 12.7 Å². The van der Waals surface area contributed by atoms with E-state index in [-0.39, 0.29) is 29.8 Å². The molecule has 1 aliphatic rings. The fourth-order valence-corrected chi connectivity index (χ4v) is 2.21. The highest BCUT2D eigenvalue weighted by atomic mass is 19.3. The molecule has 0 spiro atoms. The van der Waals surface area contributed by atoms with E-state index in [2.05, 4.69) is 29.8 Å². The van der Waals surface area contributed by atoms with Gasteiger partial charge in [0.25, 0.3) is 0 Å². The van der Waals surface area contributed by atoms with Gasteiger partial charge in [-0.1, -0.05) is 5.21 Å². The molecule has 8 nitrogen and oxygen atoms in total. The molecule has 0 saturated heterocycles. The zero-order chi connectivity index (χ0) is 18.3. The Balaban J connectivity index is 1.47. The molecule has 0 unspecified atom stereocenters. The van der Waals surface area contributed by atoms with Crippen molar-refractivity contribution in [3.63, 3.8) is 0 Å². The fourth-order valence-electron chi connectivity index (χ4n) is 2.21. The van der Waals surface area contributed by atoms with Gasteiger partial charge in [-0.3, -0.25) is 0 Å². The van der Waals surface area contributed by atoms with Crippen LogP contribution in [0.3, 0.4) is 0 Å². The molecule has 0 fully saturated rings. The number of benzene rings is 1. The summed E-state index contributed by atoms with van der Waals surface area (Å²) in [4.78, 5) is 7.55. The largest absolute Gasteiger partial charge is 0.586 e. The van der Waals surface area contributed by atoms with Crippen LogP contribution in [-0.2, 0) is 6.61 Å². The first-order valence-corrected chi connectivity index (χ1v) is 7.33. The van der Waals surface area contributed by atoms with Crippen molar-refractivity contribution in [3.05, 3.63) is 47.8 Å². The Morgan fingerprint density at radius 3 is 2.85 bits per heavy atom. The van der Waals surface area contributed by atoms with Gasteiger partial charge in [0.05, 0.1) is 23.8 Å². The van der Waals surface area contributed by atoms with Gasteiger partial charge in [-0.15, -0.1) is 13.9 Å². The Hall–Kier alpha value is -3.37. The van der Waals surface area contributed by atoms with Gasteiger partial charge in [0.15, 0.2) is 17.3 Å². The summed E-state index contributed by atoms with van der Waals surface area (Å²) in [5.74, 6) is -0.695. The predicted molar refractivity (Wildman–Crippen MR) is 78.6 cm³/mol. The van der Waals surface area contributed by atoms with E-state index in [9.17, 15) is 13.2 Å². The van der Waals surface area contributed by atoms with Crippen molar-refractivity contribution in [2.75, 3.05) is 0 Å². The summed E-state index contributed by atoms with van der Waals surface area (Å²) in [6, 6.07) is 4.22. The molecule has 0 amide bonds. The SMILES string of the molecule is Cc1nc(OCc2cn(-c3ccc4c(c3)OC(F)(F)O4)nn2)ncc1F. The molecule has 3 heterocycles. The number of hydrogen-bond acceptors (Lipinski definition) is 7. The van der Waals surface area contributed by atoms with Crippen LogP contribution in [0.15, 0.2) is 30.6 Å². The van der Waals surface area contributed by atoms with E-state index in [4.69, 9.17) is 4.74 Å². The molecule has 1 aromatic carbocycles. The highest BCUT2D eigenvalue weighted by molar-refractivity contribution is 5.50. The van der Waals surface area contributed by atoms with Gasteiger partial charge in [-0.2, -0.15) is 4.98 Å². The van der Waals surface area contributed by atoms with E-state index < -0.39 is 12.1 Å². The third-order valence-corrected chi connectivity index (χ3v) is 3.44. The molecule has 134 valence electrons. The van der Waals surface area contributed by atoms with Crippen molar-refractivity contribution in [1.82, 2.24) is 25.0 Å². The number of hydrogen-bond donors (Lipinski definition) is 0. The minimum Gasteiger partial charge on any atom is -0.457 e. The van der Waals surface area contributed by atoms with E-state index in [0.717, 1.165) is 6.20 Å². The molecular formula is C15H10F3N5O3. The first-order chi connectivity index (χ1) is 12.4. The van der Waals surface area contributed by atoms with Crippen LogP contribution in [0.5, 0.6) is 17.5 Å². The lowest BCUT2D eigenvalue weighted by molar-refractivity contribution is -0.286. The summed E-state index contributed by atoms with van der Waals surface area (Å²) < 4.78 is 54.7. The maximum Gasteiger partial charge on any atom is 0.586 e. The molecule has 4 rings (SSSR count). The molecule has 1 aliphatic heterocycles. The van der Waals surface area contributed by atoms with Gasteiger partial charge in [0.2, 0.25) is 0 Å². The topological polar surface area (TPSA) is 84.2 Å². The van der Waals surface area contributed by atoms with E-state index >= 15 is 0 Å². The molecule has 0 atom stereocenters.